The first-order chi connectivity index (χ1) is 9.90. The molecule has 3 heterocycles. The molecular weight excluding hydrogens is 395 g/mol. The molecule has 3 rings (SSSR count). The van der Waals surface area contributed by atoms with Gasteiger partial charge in [-0.05, 0) is 49.7 Å². The van der Waals surface area contributed by atoms with Crippen molar-refractivity contribution in [2.45, 2.75) is 25.8 Å². The summed E-state index contributed by atoms with van der Waals surface area (Å²) in [6.45, 7) is 6.68. The Morgan fingerprint density at radius 2 is 2.24 bits per heavy atom. The molecule has 0 saturated carbocycles. The highest BCUT2D eigenvalue weighted by Gasteiger charge is 2.19. The second-order valence-corrected chi connectivity index (χ2v) is 6.72. The maximum Gasteiger partial charge on any atom is 0.191 e. The maximum absolute atomic E-state index is 4.46. The first-order valence-corrected chi connectivity index (χ1v) is 8.55. The Morgan fingerprint density at radius 3 is 2.90 bits per heavy atom. The minimum atomic E-state index is 0. The van der Waals surface area contributed by atoms with Crippen molar-refractivity contribution < 1.29 is 0 Å². The van der Waals surface area contributed by atoms with Crippen LogP contribution in [0.3, 0.4) is 0 Å². The van der Waals surface area contributed by atoms with Crippen LogP contribution in [-0.2, 0) is 6.54 Å². The van der Waals surface area contributed by atoms with Crippen LogP contribution in [0.2, 0.25) is 0 Å². The molecule has 1 fully saturated rings. The number of piperidine rings is 1. The lowest BCUT2D eigenvalue weighted by Gasteiger charge is -2.32. The van der Waals surface area contributed by atoms with E-state index in [4.69, 9.17) is 0 Å². The van der Waals surface area contributed by atoms with Gasteiger partial charge >= 0.3 is 0 Å². The molecule has 118 valence electrons. The van der Waals surface area contributed by atoms with Gasteiger partial charge in [0.05, 0.1) is 0 Å². The van der Waals surface area contributed by atoms with Gasteiger partial charge in [0.25, 0.3) is 0 Å². The van der Waals surface area contributed by atoms with Crippen molar-refractivity contribution in [3.63, 3.8) is 0 Å². The molecule has 0 atom stereocenters. The van der Waals surface area contributed by atoms with Crippen LogP contribution in [0.5, 0.6) is 0 Å². The van der Waals surface area contributed by atoms with E-state index < -0.39 is 0 Å². The number of thiophene rings is 1. The van der Waals surface area contributed by atoms with Gasteiger partial charge in [-0.25, -0.2) is 0 Å². The lowest BCUT2D eigenvalue weighted by atomic mass is 9.97. The van der Waals surface area contributed by atoms with Crippen LogP contribution in [0, 0.1) is 5.92 Å². The van der Waals surface area contributed by atoms with Crippen molar-refractivity contribution in [3.8, 4) is 0 Å². The van der Waals surface area contributed by atoms with Crippen LogP contribution in [0.1, 0.15) is 24.1 Å². The molecule has 6 heteroatoms. The van der Waals surface area contributed by atoms with E-state index in [0.29, 0.717) is 0 Å². The van der Waals surface area contributed by atoms with Gasteiger partial charge in [0.2, 0.25) is 0 Å². The second-order valence-electron chi connectivity index (χ2n) is 5.69. The Morgan fingerprint density at radius 1 is 1.38 bits per heavy atom. The highest BCUT2D eigenvalue weighted by Crippen LogP contribution is 2.20. The van der Waals surface area contributed by atoms with Crippen molar-refractivity contribution in [1.82, 2.24) is 15.5 Å². The summed E-state index contributed by atoms with van der Waals surface area (Å²) in [7, 11) is 0. The quantitative estimate of drug-likeness (QED) is 0.736. The lowest BCUT2D eigenvalue weighted by molar-refractivity contribution is 0.179. The maximum atomic E-state index is 4.46. The van der Waals surface area contributed by atoms with E-state index in [1.807, 2.05) is 11.3 Å². The van der Waals surface area contributed by atoms with Crippen molar-refractivity contribution in [2.24, 2.45) is 10.9 Å². The molecule has 0 amide bonds. The molecule has 2 aliphatic rings. The summed E-state index contributed by atoms with van der Waals surface area (Å²) in [6.07, 6.45) is 3.75. The van der Waals surface area contributed by atoms with Crippen LogP contribution in [0.25, 0.3) is 0 Å². The van der Waals surface area contributed by atoms with E-state index in [9.17, 15) is 0 Å². The summed E-state index contributed by atoms with van der Waals surface area (Å²) >= 11 is 1.87. The van der Waals surface area contributed by atoms with Crippen molar-refractivity contribution >= 4 is 41.3 Å². The fourth-order valence-corrected chi connectivity index (χ4v) is 3.61. The minimum absolute atomic E-state index is 0. The SMILES string of the molecule is I.c1csc(CN2CCC(CNC3=NCCCN3)CC2)c1. The predicted octanol–water partition coefficient (Wildman–Crippen LogP) is 2.52. The number of nitrogens with one attached hydrogen (secondary N) is 2. The summed E-state index contributed by atoms with van der Waals surface area (Å²) in [5, 5.41) is 8.97. The van der Waals surface area contributed by atoms with E-state index in [1.165, 1.54) is 30.8 Å². The molecule has 4 nitrogen and oxygen atoms in total. The number of halogens is 1. The zero-order chi connectivity index (χ0) is 13.6. The molecule has 1 aromatic rings. The van der Waals surface area contributed by atoms with E-state index in [1.54, 1.807) is 0 Å². The number of hydrogen-bond donors (Lipinski definition) is 2. The Kier molecular flexibility index (Phi) is 7.25. The summed E-state index contributed by atoms with van der Waals surface area (Å²) in [4.78, 5) is 8.53. The zero-order valence-corrected chi connectivity index (χ0v) is 15.5. The average Bonchev–Trinajstić information content (AvgIpc) is 3.01. The average molecular weight is 420 g/mol. The van der Waals surface area contributed by atoms with Gasteiger partial charge in [0.15, 0.2) is 5.96 Å². The third kappa shape index (κ3) is 5.41. The number of rotatable bonds is 4. The van der Waals surface area contributed by atoms with Gasteiger partial charge in [0, 0.05) is 31.1 Å². The van der Waals surface area contributed by atoms with Crippen LogP contribution in [0.15, 0.2) is 22.5 Å². The molecule has 2 N–H and O–H groups in total. The van der Waals surface area contributed by atoms with Gasteiger partial charge in [-0.15, -0.1) is 35.3 Å². The Balaban J connectivity index is 0.00000161. The first kappa shape index (κ1) is 17.0. The second kappa shape index (κ2) is 8.95. The van der Waals surface area contributed by atoms with Crippen LogP contribution < -0.4 is 10.6 Å². The molecule has 0 bridgehead atoms. The highest BCUT2D eigenvalue weighted by molar-refractivity contribution is 14.0. The topological polar surface area (TPSA) is 39.7 Å². The molecule has 0 spiro atoms. The van der Waals surface area contributed by atoms with Crippen molar-refractivity contribution in [3.05, 3.63) is 22.4 Å². The number of guanidine groups is 1. The normalized spacial score (nSPS) is 20.3. The van der Waals surface area contributed by atoms with Gasteiger partial charge < -0.3 is 10.6 Å². The minimum Gasteiger partial charge on any atom is -0.356 e. The smallest absolute Gasteiger partial charge is 0.191 e. The largest absolute Gasteiger partial charge is 0.356 e. The third-order valence-corrected chi connectivity index (χ3v) is 4.98. The van der Waals surface area contributed by atoms with Gasteiger partial charge in [-0.1, -0.05) is 6.07 Å². The third-order valence-electron chi connectivity index (χ3n) is 4.12. The number of likely N-dealkylation sites (tertiary alicyclic amines) is 1. The van der Waals surface area contributed by atoms with Gasteiger partial charge in [0.1, 0.15) is 0 Å². The van der Waals surface area contributed by atoms with Crippen molar-refractivity contribution in [1.29, 1.82) is 0 Å². The van der Waals surface area contributed by atoms with E-state index in [-0.39, 0.29) is 24.0 Å². The Bertz CT molecular complexity index is 427. The van der Waals surface area contributed by atoms with E-state index in [2.05, 4.69) is 38.0 Å². The zero-order valence-electron chi connectivity index (χ0n) is 12.4. The number of hydrogen-bond acceptors (Lipinski definition) is 5. The predicted molar refractivity (Wildman–Crippen MR) is 101 cm³/mol. The highest BCUT2D eigenvalue weighted by atomic mass is 127. The van der Waals surface area contributed by atoms with E-state index >= 15 is 0 Å². The molecule has 0 aromatic carbocycles. The standard InChI is InChI=1S/C15H24N4S.HI/c1-3-14(20-10-1)12-19-8-4-13(5-9-19)11-18-15-16-6-2-7-17-15;/h1,3,10,13H,2,4-9,11-12H2,(H2,16,17,18);1H. The summed E-state index contributed by atoms with van der Waals surface area (Å²) in [6, 6.07) is 4.39. The lowest BCUT2D eigenvalue weighted by Crippen LogP contribution is -2.44. The van der Waals surface area contributed by atoms with Gasteiger partial charge in [-0.3, -0.25) is 9.89 Å². The first-order valence-electron chi connectivity index (χ1n) is 7.67. The summed E-state index contributed by atoms with van der Waals surface area (Å²) in [5.41, 5.74) is 0. The van der Waals surface area contributed by atoms with Crippen LogP contribution in [-0.4, -0.2) is 43.6 Å². The fraction of sp³-hybridized carbons (Fsp3) is 0.667. The summed E-state index contributed by atoms with van der Waals surface area (Å²) < 4.78 is 0. The molecule has 0 unspecified atom stereocenters. The molecule has 0 radical (unpaired) electrons. The molecule has 0 aliphatic carbocycles. The number of nitrogens with zero attached hydrogens (tertiary/aromatic N) is 2. The summed E-state index contributed by atoms with van der Waals surface area (Å²) in [5.74, 6) is 1.80. The molecule has 1 saturated heterocycles. The fourth-order valence-electron chi connectivity index (χ4n) is 2.86. The van der Waals surface area contributed by atoms with Crippen LogP contribution >= 0.6 is 35.3 Å². The van der Waals surface area contributed by atoms with Crippen LogP contribution in [0.4, 0.5) is 0 Å². The van der Waals surface area contributed by atoms with Crippen molar-refractivity contribution in [2.75, 3.05) is 32.7 Å². The monoisotopic (exact) mass is 420 g/mol. The molecule has 21 heavy (non-hydrogen) atoms. The molecule has 2 aliphatic heterocycles. The Labute approximate surface area is 148 Å². The Hall–Kier alpha value is -0.340. The number of aliphatic imine (C=N–C) groups is 1. The molecular formula is C15H25IN4S. The molecule has 1 aromatic heterocycles. The van der Waals surface area contributed by atoms with E-state index in [0.717, 1.165) is 44.5 Å². The van der Waals surface area contributed by atoms with Gasteiger partial charge in [-0.2, -0.15) is 0 Å².